The van der Waals surface area contributed by atoms with E-state index < -0.39 is 5.91 Å². The number of nitrogens with two attached hydrogens (primary N) is 1. The molecule has 7 nitrogen and oxygen atoms in total. The van der Waals surface area contributed by atoms with Gasteiger partial charge >= 0.3 is 0 Å². The van der Waals surface area contributed by atoms with E-state index in [0.29, 0.717) is 17.2 Å². The number of primary amides is 1. The second-order valence-electron chi connectivity index (χ2n) is 4.68. The number of anilines is 2. The molecule has 0 radical (unpaired) electrons. The molecule has 0 aliphatic heterocycles. The zero-order chi connectivity index (χ0) is 15.5. The molecule has 7 heteroatoms. The van der Waals surface area contributed by atoms with E-state index in [1.54, 1.807) is 36.9 Å². The van der Waals surface area contributed by atoms with E-state index in [2.05, 4.69) is 20.3 Å². The fourth-order valence-electron chi connectivity index (χ4n) is 2.12. The van der Waals surface area contributed by atoms with Crippen molar-refractivity contribution in [2.45, 2.75) is 6.92 Å². The highest BCUT2D eigenvalue weighted by Crippen LogP contribution is 2.27. The molecule has 0 atom stereocenters. The Balaban J connectivity index is 2.14. The van der Waals surface area contributed by atoms with Crippen molar-refractivity contribution in [1.29, 1.82) is 0 Å². The number of benzene rings is 1. The standard InChI is InChI=1S/C15H14N6O/c1-10-8-21(9-19-10)12-5-2-4-11(14(16)22)13(12)20-15-17-6-3-7-18-15/h2-9H,1H3,(H2,16,22)(H,17,18,20). The van der Waals surface area contributed by atoms with Gasteiger partial charge in [0.25, 0.3) is 5.91 Å². The summed E-state index contributed by atoms with van der Waals surface area (Å²) in [5, 5.41) is 3.06. The van der Waals surface area contributed by atoms with Crippen molar-refractivity contribution >= 4 is 17.5 Å². The lowest BCUT2D eigenvalue weighted by Gasteiger charge is -2.14. The van der Waals surface area contributed by atoms with E-state index >= 15 is 0 Å². The summed E-state index contributed by atoms with van der Waals surface area (Å²) in [7, 11) is 0. The molecular formula is C15H14N6O. The Morgan fingerprint density at radius 3 is 2.59 bits per heavy atom. The smallest absolute Gasteiger partial charge is 0.250 e. The van der Waals surface area contributed by atoms with Crippen LogP contribution in [0.1, 0.15) is 16.1 Å². The van der Waals surface area contributed by atoms with Gasteiger partial charge in [-0.3, -0.25) is 4.79 Å². The molecule has 1 aromatic carbocycles. The predicted octanol–water partition coefficient (Wildman–Crippen LogP) is 1.81. The summed E-state index contributed by atoms with van der Waals surface area (Å²) in [6, 6.07) is 6.99. The molecule has 3 aromatic rings. The second-order valence-corrected chi connectivity index (χ2v) is 4.68. The van der Waals surface area contributed by atoms with Gasteiger partial charge in [0.15, 0.2) is 0 Å². The first-order valence-electron chi connectivity index (χ1n) is 6.63. The lowest BCUT2D eigenvalue weighted by molar-refractivity contribution is 0.100. The van der Waals surface area contributed by atoms with Gasteiger partial charge in [-0.25, -0.2) is 15.0 Å². The highest BCUT2D eigenvalue weighted by atomic mass is 16.1. The molecule has 2 aromatic heterocycles. The number of nitrogens with one attached hydrogen (secondary N) is 1. The van der Waals surface area contributed by atoms with E-state index in [0.717, 1.165) is 11.4 Å². The van der Waals surface area contributed by atoms with E-state index in [4.69, 9.17) is 5.73 Å². The first-order valence-corrected chi connectivity index (χ1v) is 6.63. The van der Waals surface area contributed by atoms with Crippen LogP contribution in [-0.2, 0) is 0 Å². The maximum Gasteiger partial charge on any atom is 0.250 e. The highest BCUT2D eigenvalue weighted by molar-refractivity contribution is 6.01. The summed E-state index contributed by atoms with van der Waals surface area (Å²) in [4.78, 5) is 24.2. The van der Waals surface area contributed by atoms with Gasteiger partial charge in [0.1, 0.15) is 0 Å². The SMILES string of the molecule is Cc1cn(-c2cccc(C(N)=O)c2Nc2ncccn2)cn1. The number of carbonyl (C=O) groups excluding carboxylic acids is 1. The first-order chi connectivity index (χ1) is 10.6. The zero-order valence-electron chi connectivity index (χ0n) is 11.9. The second kappa shape index (κ2) is 5.65. The topological polar surface area (TPSA) is 98.7 Å². The number of nitrogens with zero attached hydrogens (tertiary/aromatic N) is 4. The molecule has 0 bridgehead atoms. The Morgan fingerprint density at radius 1 is 1.18 bits per heavy atom. The van der Waals surface area contributed by atoms with Crippen LogP contribution in [0, 0.1) is 6.92 Å². The van der Waals surface area contributed by atoms with Crippen molar-refractivity contribution in [3.63, 3.8) is 0 Å². The third kappa shape index (κ3) is 2.64. The maximum atomic E-state index is 11.7. The van der Waals surface area contributed by atoms with Gasteiger partial charge < -0.3 is 15.6 Å². The number of amides is 1. The summed E-state index contributed by atoms with van der Waals surface area (Å²) in [6.45, 7) is 1.89. The van der Waals surface area contributed by atoms with Crippen LogP contribution < -0.4 is 11.1 Å². The molecule has 0 saturated heterocycles. The minimum absolute atomic E-state index is 0.358. The molecule has 0 spiro atoms. The molecule has 0 fully saturated rings. The van der Waals surface area contributed by atoms with Gasteiger partial charge in [-0.1, -0.05) is 6.07 Å². The summed E-state index contributed by atoms with van der Waals surface area (Å²) in [5.74, 6) is -0.147. The average Bonchev–Trinajstić information content (AvgIpc) is 2.94. The molecule has 0 unspecified atom stereocenters. The Bertz CT molecular complexity index is 812. The van der Waals surface area contributed by atoms with Crippen LogP contribution in [0.4, 0.5) is 11.6 Å². The summed E-state index contributed by atoms with van der Waals surface area (Å²) in [5.41, 5.74) is 7.98. The zero-order valence-corrected chi connectivity index (χ0v) is 11.9. The number of para-hydroxylation sites is 1. The van der Waals surface area contributed by atoms with E-state index in [1.165, 1.54) is 0 Å². The number of hydrogen-bond acceptors (Lipinski definition) is 5. The van der Waals surface area contributed by atoms with Crippen molar-refractivity contribution < 1.29 is 4.79 Å². The molecule has 3 rings (SSSR count). The number of rotatable bonds is 4. The van der Waals surface area contributed by atoms with Crippen LogP contribution in [0.5, 0.6) is 0 Å². The first kappa shape index (κ1) is 13.7. The minimum atomic E-state index is -0.530. The lowest BCUT2D eigenvalue weighted by Crippen LogP contribution is -2.15. The molecule has 0 aliphatic rings. The Kier molecular flexibility index (Phi) is 3.53. The number of carbonyl (C=O) groups is 1. The maximum absolute atomic E-state index is 11.7. The molecule has 0 aliphatic carbocycles. The predicted molar refractivity (Wildman–Crippen MR) is 82.1 cm³/mol. The molecule has 22 heavy (non-hydrogen) atoms. The molecule has 1 amide bonds. The monoisotopic (exact) mass is 294 g/mol. The van der Waals surface area contributed by atoms with Crippen LogP contribution in [-0.4, -0.2) is 25.4 Å². The summed E-state index contributed by atoms with van der Waals surface area (Å²) in [6.07, 6.45) is 6.76. The van der Waals surface area contributed by atoms with Crippen molar-refractivity contribution in [1.82, 2.24) is 19.5 Å². The van der Waals surface area contributed by atoms with Gasteiger partial charge in [0.2, 0.25) is 5.95 Å². The van der Waals surface area contributed by atoms with Crippen molar-refractivity contribution in [3.8, 4) is 5.69 Å². The fourth-order valence-corrected chi connectivity index (χ4v) is 2.12. The molecule has 3 N–H and O–H groups in total. The fraction of sp³-hybridized carbons (Fsp3) is 0.0667. The molecular weight excluding hydrogens is 280 g/mol. The third-order valence-corrected chi connectivity index (χ3v) is 3.10. The van der Waals surface area contributed by atoms with Gasteiger partial charge in [-0.05, 0) is 25.1 Å². The van der Waals surface area contributed by atoms with Crippen LogP contribution >= 0.6 is 0 Å². The van der Waals surface area contributed by atoms with Gasteiger partial charge in [0.05, 0.1) is 29.0 Å². The van der Waals surface area contributed by atoms with Crippen molar-refractivity contribution in [3.05, 3.63) is 60.4 Å². The molecule has 110 valence electrons. The van der Waals surface area contributed by atoms with Gasteiger partial charge in [-0.15, -0.1) is 0 Å². The summed E-state index contributed by atoms with van der Waals surface area (Å²) >= 11 is 0. The number of aryl methyl sites for hydroxylation is 1. The number of hydrogen-bond donors (Lipinski definition) is 2. The number of imidazole rings is 1. The number of aromatic nitrogens is 4. The molecule has 2 heterocycles. The van der Waals surface area contributed by atoms with Crippen molar-refractivity contribution in [2.24, 2.45) is 5.73 Å². The Hall–Kier alpha value is -3.22. The molecule has 0 saturated carbocycles. The van der Waals surface area contributed by atoms with E-state index in [-0.39, 0.29) is 0 Å². The van der Waals surface area contributed by atoms with Crippen LogP contribution in [0.25, 0.3) is 5.69 Å². The van der Waals surface area contributed by atoms with Crippen LogP contribution in [0.2, 0.25) is 0 Å². The quantitative estimate of drug-likeness (QED) is 0.764. The van der Waals surface area contributed by atoms with Crippen molar-refractivity contribution in [2.75, 3.05) is 5.32 Å². The normalized spacial score (nSPS) is 10.4. The van der Waals surface area contributed by atoms with Gasteiger partial charge in [0, 0.05) is 18.6 Å². The minimum Gasteiger partial charge on any atom is -0.366 e. The van der Waals surface area contributed by atoms with Gasteiger partial charge in [-0.2, -0.15) is 0 Å². The summed E-state index contributed by atoms with van der Waals surface area (Å²) < 4.78 is 1.81. The lowest BCUT2D eigenvalue weighted by atomic mass is 10.1. The largest absolute Gasteiger partial charge is 0.366 e. The average molecular weight is 294 g/mol. The van der Waals surface area contributed by atoms with E-state index in [9.17, 15) is 4.79 Å². The van der Waals surface area contributed by atoms with E-state index in [1.807, 2.05) is 23.8 Å². The Morgan fingerprint density at radius 2 is 1.95 bits per heavy atom. The highest BCUT2D eigenvalue weighted by Gasteiger charge is 2.15. The Labute approximate surface area is 126 Å². The van der Waals surface area contributed by atoms with Crippen LogP contribution in [0.15, 0.2) is 49.2 Å². The third-order valence-electron chi connectivity index (χ3n) is 3.10. The van der Waals surface area contributed by atoms with Crippen LogP contribution in [0.3, 0.4) is 0 Å².